The minimum Gasteiger partial charge on any atom is -0.459 e. The zero-order valence-corrected chi connectivity index (χ0v) is 12.0. The SMILES string of the molecule is Clc1cccc(Cl)c1-c1ccc([C@@H]2CCCCN2)o1. The first-order valence-corrected chi connectivity index (χ1v) is 7.29. The number of benzene rings is 1. The molecular weight excluding hydrogens is 281 g/mol. The van der Waals surface area contributed by atoms with E-state index in [9.17, 15) is 0 Å². The molecule has 1 saturated heterocycles. The molecule has 2 nitrogen and oxygen atoms in total. The Labute approximate surface area is 122 Å². The Morgan fingerprint density at radius 1 is 1.05 bits per heavy atom. The van der Waals surface area contributed by atoms with Crippen molar-refractivity contribution in [1.82, 2.24) is 5.32 Å². The van der Waals surface area contributed by atoms with Crippen LogP contribution in [0.15, 0.2) is 34.7 Å². The van der Waals surface area contributed by atoms with Gasteiger partial charge in [0.2, 0.25) is 0 Å². The third-order valence-electron chi connectivity index (χ3n) is 3.49. The molecule has 2 aromatic rings. The van der Waals surface area contributed by atoms with Gasteiger partial charge in [-0.25, -0.2) is 0 Å². The van der Waals surface area contributed by atoms with Crippen molar-refractivity contribution in [3.05, 3.63) is 46.1 Å². The zero-order chi connectivity index (χ0) is 13.2. The summed E-state index contributed by atoms with van der Waals surface area (Å²) in [6.45, 7) is 1.05. The summed E-state index contributed by atoms with van der Waals surface area (Å²) in [7, 11) is 0. The van der Waals surface area contributed by atoms with Crippen LogP contribution in [0.4, 0.5) is 0 Å². The van der Waals surface area contributed by atoms with E-state index in [-0.39, 0.29) is 0 Å². The van der Waals surface area contributed by atoms with Crippen LogP contribution in [0.25, 0.3) is 11.3 Å². The Balaban J connectivity index is 1.92. The number of hydrogen-bond acceptors (Lipinski definition) is 2. The topological polar surface area (TPSA) is 25.2 Å². The fraction of sp³-hybridized carbons (Fsp3) is 0.333. The molecule has 0 radical (unpaired) electrons. The maximum atomic E-state index is 6.20. The van der Waals surface area contributed by atoms with Gasteiger partial charge in [0, 0.05) is 0 Å². The van der Waals surface area contributed by atoms with Crippen LogP contribution in [0.1, 0.15) is 31.1 Å². The lowest BCUT2D eigenvalue weighted by Crippen LogP contribution is -2.26. The normalized spacial score (nSPS) is 19.6. The van der Waals surface area contributed by atoms with Crippen molar-refractivity contribution in [1.29, 1.82) is 0 Å². The second-order valence-electron chi connectivity index (χ2n) is 4.80. The molecule has 2 heterocycles. The fourth-order valence-electron chi connectivity index (χ4n) is 2.50. The molecule has 4 heteroatoms. The molecule has 0 amide bonds. The molecule has 1 aliphatic heterocycles. The quantitative estimate of drug-likeness (QED) is 0.837. The van der Waals surface area contributed by atoms with Crippen LogP contribution in [-0.4, -0.2) is 6.54 Å². The van der Waals surface area contributed by atoms with E-state index in [1.54, 1.807) is 0 Å². The maximum Gasteiger partial charge on any atom is 0.137 e. The maximum absolute atomic E-state index is 6.20. The van der Waals surface area contributed by atoms with E-state index < -0.39 is 0 Å². The Bertz CT molecular complexity index is 553. The van der Waals surface area contributed by atoms with Gasteiger partial charge < -0.3 is 9.73 Å². The number of rotatable bonds is 2. The first-order valence-electron chi connectivity index (χ1n) is 6.53. The highest BCUT2D eigenvalue weighted by molar-refractivity contribution is 6.39. The van der Waals surface area contributed by atoms with E-state index in [0.717, 1.165) is 30.0 Å². The number of hydrogen-bond donors (Lipinski definition) is 1. The van der Waals surface area contributed by atoms with Crippen LogP contribution >= 0.6 is 23.2 Å². The minimum absolute atomic E-state index is 0.309. The molecular formula is C15H15Cl2NO. The monoisotopic (exact) mass is 295 g/mol. The summed E-state index contributed by atoms with van der Waals surface area (Å²) in [6.07, 6.45) is 3.59. The van der Waals surface area contributed by atoms with Crippen molar-refractivity contribution in [3.8, 4) is 11.3 Å². The van der Waals surface area contributed by atoms with E-state index in [1.165, 1.54) is 12.8 Å². The predicted octanol–water partition coefficient (Wildman–Crippen LogP) is 5.07. The molecule has 0 aliphatic carbocycles. The van der Waals surface area contributed by atoms with E-state index in [2.05, 4.69) is 5.32 Å². The molecule has 0 spiro atoms. The third kappa shape index (κ3) is 2.66. The van der Waals surface area contributed by atoms with Gasteiger partial charge in [0.1, 0.15) is 11.5 Å². The molecule has 0 unspecified atom stereocenters. The summed E-state index contributed by atoms with van der Waals surface area (Å²) in [5, 5.41) is 4.70. The van der Waals surface area contributed by atoms with Crippen LogP contribution in [0.3, 0.4) is 0 Å². The molecule has 1 fully saturated rings. The highest BCUT2D eigenvalue weighted by Gasteiger charge is 2.19. The Kier molecular flexibility index (Phi) is 3.83. The highest BCUT2D eigenvalue weighted by atomic mass is 35.5. The molecule has 100 valence electrons. The molecule has 0 bridgehead atoms. The number of halogens is 2. The van der Waals surface area contributed by atoms with Crippen molar-refractivity contribution in [3.63, 3.8) is 0 Å². The first-order chi connectivity index (χ1) is 9.25. The number of piperidine rings is 1. The van der Waals surface area contributed by atoms with Gasteiger partial charge in [-0.1, -0.05) is 35.7 Å². The van der Waals surface area contributed by atoms with Crippen molar-refractivity contribution >= 4 is 23.2 Å². The fourth-order valence-corrected chi connectivity index (χ4v) is 3.09. The summed E-state index contributed by atoms with van der Waals surface area (Å²) in [4.78, 5) is 0. The lowest BCUT2D eigenvalue weighted by atomic mass is 10.0. The molecule has 1 N–H and O–H groups in total. The largest absolute Gasteiger partial charge is 0.459 e. The van der Waals surface area contributed by atoms with Gasteiger partial charge in [-0.05, 0) is 43.7 Å². The van der Waals surface area contributed by atoms with E-state index >= 15 is 0 Å². The summed E-state index contributed by atoms with van der Waals surface area (Å²) in [5.41, 5.74) is 0.771. The molecule has 1 aromatic carbocycles. The number of nitrogens with one attached hydrogen (secondary N) is 1. The van der Waals surface area contributed by atoms with Crippen molar-refractivity contribution < 1.29 is 4.42 Å². The lowest BCUT2D eigenvalue weighted by Gasteiger charge is -2.21. The molecule has 3 rings (SSSR count). The van der Waals surface area contributed by atoms with Crippen LogP contribution in [0, 0.1) is 0 Å². The van der Waals surface area contributed by atoms with Gasteiger partial charge in [-0.3, -0.25) is 0 Å². The van der Waals surface area contributed by atoms with Crippen LogP contribution in [0.2, 0.25) is 10.0 Å². The van der Waals surface area contributed by atoms with Gasteiger partial charge in [0.05, 0.1) is 21.7 Å². The van der Waals surface area contributed by atoms with Gasteiger partial charge in [-0.15, -0.1) is 0 Å². The zero-order valence-electron chi connectivity index (χ0n) is 10.5. The van der Waals surface area contributed by atoms with E-state index in [1.807, 2.05) is 30.3 Å². The summed E-state index contributed by atoms with van der Waals surface area (Å²) in [6, 6.07) is 9.74. The van der Waals surface area contributed by atoms with Crippen molar-refractivity contribution in [2.24, 2.45) is 0 Å². The van der Waals surface area contributed by atoms with Crippen molar-refractivity contribution in [2.45, 2.75) is 25.3 Å². The Hall–Kier alpha value is -0.960. The van der Waals surface area contributed by atoms with Crippen LogP contribution in [-0.2, 0) is 0 Å². The minimum atomic E-state index is 0.309. The second-order valence-corrected chi connectivity index (χ2v) is 5.62. The standard InChI is InChI=1S/C15H15Cl2NO/c16-10-4-3-5-11(17)15(10)14-8-7-13(19-14)12-6-1-2-9-18-12/h3-5,7-8,12,18H,1-2,6,9H2/t12-/m0/s1. The molecule has 1 atom stereocenters. The Morgan fingerprint density at radius 2 is 1.84 bits per heavy atom. The average molecular weight is 296 g/mol. The van der Waals surface area contributed by atoms with Gasteiger partial charge in [-0.2, -0.15) is 0 Å². The van der Waals surface area contributed by atoms with E-state index in [0.29, 0.717) is 16.1 Å². The van der Waals surface area contributed by atoms with Gasteiger partial charge in [0.15, 0.2) is 0 Å². The van der Waals surface area contributed by atoms with Gasteiger partial charge >= 0.3 is 0 Å². The Morgan fingerprint density at radius 3 is 2.53 bits per heavy atom. The number of furan rings is 1. The summed E-state index contributed by atoms with van der Waals surface area (Å²) < 4.78 is 5.94. The predicted molar refractivity (Wildman–Crippen MR) is 78.8 cm³/mol. The molecule has 19 heavy (non-hydrogen) atoms. The van der Waals surface area contributed by atoms with Gasteiger partial charge in [0.25, 0.3) is 0 Å². The first kappa shape index (κ1) is 13.0. The lowest BCUT2D eigenvalue weighted by molar-refractivity contribution is 0.353. The smallest absolute Gasteiger partial charge is 0.137 e. The van der Waals surface area contributed by atoms with Crippen molar-refractivity contribution in [2.75, 3.05) is 6.54 Å². The van der Waals surface area contributed by atoms with E-state index in [4.69, 9.17) is 27.6 Å². The van der Waals surface area contributed by atoms with Crippen LogP contribution < -0.4 is 5.32 Å². The molecule has 1 aromatic heterocycles. The average Bonchev–Trinajstić information content (AvgIpc) is 2.89. The second kappa shape index (κ2) is 5.58. The third-order valence-corrected chi connectivity index (χ3v) is 4.12. The summed E-state index contributed by atoms with van der Waals surface area (Å²) >= 11 is 12.4. The summed E-state index contributed by atoms with van der Waals surface area (Å²) in [5.74, 6) is 1.70. The molecule has 0 saturated carbocycles. The highest BCUT2D eigenvalue weighted by Crippen LogP contribution is 2.37. The van der Waals surface area contributed by atoms with Crippen LogP contribution in [0.5, 0.6) is 0 Å². The molecule has 1 aliphatic rings.